The summed E-state index contributed by atoms with van der Waals surface area (Å²) in [4.78, 5) is 14.7. The molecule has 0 atom stereocenters. The van der Waals surface area contributed by atoms with Crippen LogP contribution in [0.2, 0.25) is 10.0 Å². The van der Waals surface area contributed by atoms with E-state index in [0.717, 1.165) is 37.1 Å². The van der Waals surface area contributed by atoms with Crippen molar-refractivity contribution < 1.29 is 9.18 Å². The zero-order valence-electron chi connectivity index (χ0n) is 14.4. The van der Waals surface area contributed by atoms with E-state index in [1.165, 1.54) is 6.07 Å². The lowest BCUT2D eigenvalue weighted by molar-refractivity contribution is -0.126. The van der Waals surface area contributed by atoms with Gasteiger partial charge in [0.2, 0.25) is 5.91 Å². The monoisotopic (exact) mass is 394 g/mol. The molecular formula is C20H21Cl2FN2O. The Morgan fingerprint density at radius 2 is 1.92 bits per heavy atom. The van der Waals surface area contributed by atoms with Gasteiger partial charge < -0.3 is 5.32 Å². The van der Waals surface area contributed by atoms with Crippen LogP contribution in [0.15, 0.2) is 42.5 Å². The molecule has 2 aromatic carbocycles. The van der Waals surface area contributed by atoms with E-state index in [9.17, 15) is 9.18 Å². The van der Waals surface area contributed by atoms with Crippen LogP contribution in [0.1, 0.15) is 24.0 Å². The normalized spacial score (nSPS) is 15.8. The van der Waals surface area contributed by atoms with E-state index in [2.05, 4.69) is 10.2 Å². The number of nitrogens with one attached hydrogen (secondary N) is 1. The Labute approximate surface area is 163 Å². The highest BCUT2D eigenvalue weighted by atomic mass is 35.5. The number of likely N-dealkylation sites (tertiary alicyclic amines) is 1. The van der Waals surface area contributed by atoms with Gasteiger partial charge in [-0.05, 0) is 61.3 Å². The van der Waals surface area contributed by atoms with E-state index in [-0.39, 0.29) is 17.6 Å². The van der Waals surface area contributed by atoms with Crippen LogP contribution in [-0.4, -0.2) is 23.9 Å². The van der Waals surface area contributed by atoms with Crippen molar-refractivity contribution in [1.82, 2.24) is 10.2 Å². The number of hydrogen-bond donors (Lipinski definition) is 1. The lowest BCUT2D eigenvalue weighted by Gasteiger charge is -2.31. The predicted octanol–water partition coefficient (Wildman–Crippen LogP) is 4.66. The third kappa shape index (κ3) is 5.19. The molecule has 2 aromatic rings. The second-order valence-corrected chi connectivity index (χ2v) is 7.48. The molecule has 1 N–H and O–H groups in total. The number of hydrogen-bond acceptors (Lipinski definition) is 2. The van der Waals surface area contributed by atoms with Gasteiger partial charge in [-0.15, -0.1) is 0 Å². The van der Waals surface area contributed by atoms with E-state index in [1.807, 2.05) is 12.1 Å². The molecule has 6 heteroatoms. The number of rotatable bonds is 5. The predicted molar refractivity (Wildman–Crippen MR) is 103 cm³/mol. The lowest BCUT2D eigenvalue weighted by Crippen LogP contribution is -2.40. The number of nitrogens with zero attached hydrogens (tertiary/aromatic N) is 1. The van der Waals surface area contributed by atoms with Crippen LogP contribution < -0.4 is 5.32 Å². The molecule has 26 heavy (non-hydrogen) atoms. The number of carbonyl (C=O) groups excluding carboxylic acids is 1. The highest BCUT2D eigenvalue weighted by Crippen LogP contribution is 2.22. The van der Waals surface area contributed by atoms with Gasteiger partial charge in [-0.3, -0.25) is 9.69 Å². The molecule has 0 aliphatic carbocycles. The molecule has 1 heterocycles. The smallest absolute Gasteiger partial charge is 0.223 e. The zero-order chi connectivity index (χ0) is 18.5. The average Bonchev–Trinajstić information content (AvgIpc) is 2.61. The first-order valence-electron chi connectivity index (χ1n) is 8.69. The van der Waals surface area contributed by atoms with Crippen molar-refractivity contribution in [2.75, 3.05) is 13.1 Å². The fourth-order valence-electron chi connectivity index (χ4n) is 3.24. The van der Waals surface area contributed by atoms with Gasteiger partial charge in [0, 0.05) is 29.1 Å². The van der Waals surface area contributed by atoms with E-state index < -0.39 is 0 Å². The minimum absolute atomic E-state index is 0.00448. The van der Waals surface area contributed by atoms with Crippen LogP contribution in [0.5, 0.6) is 0 Å². The Hall–Kier alpha value is -1.62. The fourth-order valence-corrected chi connectivity index (χ4v) is 3.71. The molecule has 0 saturated carbocycles. The summed E-state index contributed by atoms with van der Waals surface area (Å²) in [5.41, 5.74) is 1.82. The highest BCUT2D eigenvalue weighted by Gasteiger charge is 2.24. The van der Waals surface area contributed by atoms with Gasteiger partial charge in [0.1, 0.15) is 5.82 Å². The molecule has 0 aromatic heterocycles. The Morgan fingerprint density at radius 3 is 2.62 bits per heavy atom. The van der Waals surface area contributed by atoms with E-state index >= 15 is 0 Å². The standard InChI is InChI=1S/C20H21Cl2FN2O/c21-17-5-4-16(19(22)11-17)12-24-20(26)15-6-8-25(9-7-15)13-14-2-1-3-18(23)10-14/h1-5,10-11,15H,6-9,12-13H2,(H,24,26). The van der Waals surface area contributed by atoms with Crippen molar-refractivity contribution in [2.24, 2.45) is 5.92 Å². The van der Waals surface area contributed by atoms with Crippen LogP contribution in [-0.2, 0) is 17.9 Å². The van der Waals surface area contributed by atoms with Crippen molar-refractivity contribution in [3.8, 4) is 0 Å². The van der Waals surface area contributed by atoms with E-state index in [4.69, 9.17) is 23.2 Å². The molecule has 1 saturated heterocycles. The molecule has 1 fully saturated rings. The van der Waals surface area contributed by atoms with Crippen LogP contribution in [0.3, 0.4) is 0 Å². The minimum Gasteiger partial charge on any atom is -0.352 e. The average molecular weight is 395 g/mol. The summed E-state index contributed by atoms with van der Waals surface area (Å²) < 4.78 is 13.3. The minimum atomic E-state index is -0.211. The van der Waals surface area contributed by atoms with Crippen molar-refractivity contribution in [2.45, 2.75) is 25.9 Å². The number of piperidine rings is 1. The van der Waals surface area contributed by atoms with Crippen molar-refractivity contribution >= 4 is 29.1 Å². The third-order valence-corrected chi connectivity index (χ3v) is 5.31. The SMILES string of the molecule is O=C(NCc1ccc(Cl)cc1Cl)C1CCN(Cc2cccc(F)c2)CC1. The van der Waals surface area contributed by atoms with Crippen molar-refractivity contribution in [3.63, 3.8) is 0 Å². The number of carbonyl (C=O) groups is 1. The number of halogens is 3. The molecule has 0 spiro atoms. The van der Waals surface area contributed by atoms with E-state index in [1.54, 1.807) is 24.3 Å². The summed E-state index contributed by atoms with van der Waals surface area (Å²) >= 11 is 12.0. The quantitative estimate of drug-likeness (QED) is 0.799. The van der Waals surface area contributed by atoms with Crippen LogP contribution >= 0.6 is 23.2 Å². The molecule has 1 aliphatic rings. The summed E-state index contributed by atoms with van der Waals surface area (Å²) in [5.74, 6) is -0.149. The van der Waals surface area contributed by atoms with Crippen molar-refractivity contribution in [3.05, 3.63) is 69.5 Å². The third-order valence-electron chi connectivity index (χ3n) is 4.72. The van der Waals surface area contributed by atoms with Gasteiger partial charge in [-0.25, -0.2) is 4.39 Å². The van der Waals surface area contributed by atoms with Crippen LogP contribution in [0, 0.1) is 11.7 Å². The topological polar surface area (TPSA) is 32.3 Å². The molecule has 1 aliphatic heterocycles. The Bertz CT molecular complexity index is 776. The van der Waals surface area contributed by atoms with Gasteiger partial charge in [-0.2, -0.15) is 0 Å². The maximum Gasteiger partial charge on any atom is 0.223 e. The Kier molecular flexibility index (Phi) is 6.52. The molecule has 0 bridgehead atoms. The van der Waals surface area contributed by atoms with Crippen LogP contribution in [0.25, 0.3) is 0 Å². The summed E-state index contributed by atoms with van der Waals surface area (Å²) in [6.07, 6.45) is 1.60. The number of amides is 1. The van der Waals surface area contributed by atoms with Gasteiger partial charge in [-0.1, -0.05) is 41.4 Å². The fraction of sp³-hybridized carbons (Fsp3) is 0.350. The van der Waals surface area contributed by atoms with Crippen molar-refractivity contribution in [1.29, 1.82) is 0 Å². The molecule has 138 valence electrons. The zero-order valence-corrected chi connectivity index (χ0v) is 15.9. The van der Waals surface area contributed by atoms with Gasteiger partial charge in [0.05, 0.1) is 0 Å². The molecule has 3 nitrogen and oxygen atoms in total. The Balaban J connectivity index is 1.46. The lowest BCUT2D eigenvalue weighted by atomic mass is 9.95. The first-order valence-corrected chi connectivity index (χ1v) is 9.45. The molecule has 0 radical (unpaired) electrons. The second kappa shape index (κ2) is 8.85. The number of benzene rings is 2. The molecular weight excluding hydrogens is 374 g/mol. The Morgan fingerprint density at radius 1 is 1.15 bits per heavy atom. The summed E-state index contributed by atoms with van der Waals surface area (Å²) in [7, 11) is 0. The van der Waals surface area contributed by atoms with Gasteiger partial charge >= 0.3 is 0 Å². The first kappa shape index (κ1) is 19.2. The first-order chi connectivity index (χ1) is 12.5. The van der Waals surface area contributed by atoms with Gasteiger partial charge in [0.25, 0.3) is 0 Å². The largest absolute Gasteiger partial charge is 0.352 e. The highest BCUT2D eigenvalue weighted by molar-refractivity contribution is 6.35. The van der Waals surface area contributed by atoms with Crippen LogP contribution in [0.4, 0.5) is 4.39 Å². The summed E-state index contributed by atoms with van der Waals surface area (Å²) in [6, 6.07) is 11.9. The van der Waals surface area contributed by atoms with Gasteiger partial charge in [0.15, 0.2) is 0 Å². The second-order valence-electron chi connectivity index (χ2n) is 6.63. The maximum atomic E-state index is 13.3. The molecule has 0 unspecified atom stereocenters. The molecule has 3 rings (SSSR count). The maximum absolute atomic E-state index is 13.3. The molecule has 1 amide bonds. The summed E-state index contributed by atoms with van der Waals surface area (Å²) in [5, 5.41) is 4.10. The summed E-state index contributed by atoms with van der Waals surface area (Å²) in [6.45, 7) is 2.78. The van der Waals surface area contributed by atoms with E-state index in [0.29, 0.717) is 23.1 Å².